The average Bonchev–Trinajstić information content (AvgIpc) is 2.76. The summed E-state index contributed by atoms with van der Waals surface area (Å²) in [7, 11) is 1.96. The Kier molecular flexibility index (Phi) is 4.95. The van der Waals surface area contributed by atoms with E-state index in [0.29, 0.717) is 12.0 Å². The van der Waals surface area contributed by atoms with E-state index in [2.05, 4.69) is 82.7 Å². The summed E-state index contributed by atoms with van der Waals surface area (Å²) < 4.78 is 12.3. The summed E-state index contributed by atoms with van der Waals surface area (Å²) in [6.45, 7) is 16.3. The Morgan fingerprint density at radius 3 is 2.08 bits per heavy atom. The van der Waals surface area contributed by atoms with Crippen molar-refractivity contribution in [3.8, 4) is 0 Å². The van der Waals surface area contributed by atoms with Gasteiger partial charge in [0.2, 0.25) is 0 Å². The van der Waals surface area contributed by atoms with Gasteiger partial charge in [0.05, 0.1) is 11.2 Å². The van der Waals surface area contributed by atoms with Gasteiger partial charge in [-0.1, -0.05) is 26.0 Å². The lowest BCUT2D eigenvalue weighted by molar-refractivity contribution is 0.00578. The van der Waals surface area contributed by atoms with E-state index in [1.807, 2.05) is 0 Å². The molecule has 138 valence electrons. The lowest BCUT2D eigenvalue weighted by Crippen LogP contribution is -2.53. The minimum absolute atomic E-state index is 0.282. The van der Waals surface area contributed by atoms with Gasteiger partial charge < -0.3 is 14.2 Å². The Bertz CT molecular complexity index is 584. The fourth-order valence-corrected chi connectivity index (χ4v) is 3.68. The number of nitrogens with zero attached hydrogens (tertiary/aromatic N) is 2. The standard InChI is InChI=1S/C20H33BN2O2/c1-15(2)18-14-23(13-12-22(18)7)17-10-8-16(9-11-17)21-24-19(3,4)20(5,6)25-21/h8-11,15,18H,12-14H2,1-7H3/t18-/m0/s1. The highest BCUT2D eigenvalue weighted by molar-refractivity contribution is 6.62. The first kappa shape index (κ1) is 18.7. The topological polar surface area (TPSA) is 24.9 Å². The highest BCUT2D eigenvalue weighted by Gasteiger charge is 2.51. The molecular weight excluding hydrogens is 311 g/mol. The molecule has 5 heteroatoms. The lowest BCUT2D eigenvalue weighted by atomic mass is 9.79. The van der Waals surface area contributed by atoms with Crippen LogP contribution in [0.5, 0.6) is 0 Å². The van der Waals surface area contributed by atoms with E-state index in [-0.39, 0.29) is 18.3 Å². The van der Waals surface area contributed by atoms with Gasteiger partial charge in [0.1, 0.15) is 0 Å². The number of likely N-dealkylation sites (N-methyl/N-ethyl adjacent to an activating group) is 1. The third-order valence-electron chi connectivity index (χ3n) is 6.25. The largest absolute Gasteiger partial charge is 0.494 e. The summed E-state index contributed by atoms with van der Waals surface area (Å²) in [4.78, 5) is 4.98. The smallest absolute Gasteiger partial charge is 0.399 e. The predicted molar refractivity (Wildman–Crippen MR) is 106 cm³/mol. The van der Waals surface area contributed by atoms with Gasteiger partial charge >= 0.3 is 7.12 Å². The molecule has 3 rings (SSSR count). The molecule has 1 aromatic rings. The van der Waals surface area contributed by atoms with E-state index >= 15 is 0 Å². The first-order chi connectivity index (χ1) is 11.6. The fourth-order valence-electron chi connectivity index (χ4n) is 3.68. The van der Waals surface area contributed by atoms with Crippen LogP contribution < -0.4 is 10.4 Å². The Morgan fingerprint density at radius 1 is 1.00 bits per heavy atom. The van der Waals surface area contributed by atoms with E-state index < -0.39 is 0 Å². The van der Waals surface area contributed by atoms with Crippen LogP contribution >= 0.6 is 0 Å². The van der Waals surface area contributed by atoms with Gasteiger partial charge in [-0.15, -0.1) is 0 Å². The van der Waals surface area contributed by atoms with Crippen LogP contribution in [0.25, 0.3) is 0 Å². The van der Waals surface area contributed by atoms with Crippen LogP contribution in [0.4, 0.5) is 5.69 Å². The van der Waals surface area contributed by atoms with Crippen LogP contribution in [-0.4, -0.2) is 55.9 Å². The minimum Gasteiger partial charge on any atom is -0.399 e. The second-order valence-corrected chi connectivity index (χ2v) is 8.92. The molecule has 1 atom stereocenters. The summed E-state index contributed by atoms with van der Waals surface area (Å²) in [6.07, 6.45) is 0. The van der Waals surface area contributed by atoms with Crippen molar-refractivity contribution in [2.24, 2.45) is 5.92 Å². The molecule has 2 aliphatic heterocycles. The second-order valence-electron chi connectivity index (χ2n) is 8.92. The molecular formula is C20H33BN2O2. The molecule has 0 aliphatic carbocycles. The number of rotatable bonds is 3. The molecule has 4 nitrogen and oxygen atoms in total. The molecule has 0 amide bonds. The number of benzene rings is 1. The molecule has 0 unspecified atom stereocenters. The summed E-state index contributed by atoms with van der Waals surface area (Å²) in [6, 6.07) is 9.34. The van der Waals surface area contributed by atoms with Gasteiger partial charge in [0.25, 0.3) is 0 Å². The molecule has 0 saturated carbocycles. The van der Waals surface area contributed by atoms with E-state index in [1.54, 1.807) is 0 Å². The van der Waals surface area contributed by atoms with Crippen LogP contribution in [0.1, 0.15) is 41.5 Å². The third kappa shape index (κ3) is 3.60. The van der Waals surface area contributed by atoms with E-state index in [1.165, 1.54) is 5.69 Å². The monoisotopic (exact) mass is 344 g/mol. The van der Waals surface area contributed by atoms with Crippen molar-refractivity contribution in [2.75, 3.05) is 31.6 Å². The third-order valence-corrected chi connectivity index (χ3v) is 6.25. The number of anilines is 1. The zero-order valence-electron chi connectivity index (χ0n) is 16.9. The molecule has 2 heterocycles. The van der Waals surface area contributed by atoms with Crippen LogP contribution in [0.15, 0.2) is 24.3 Å². The summed E-state index contributed by atoms with van der Waals surface area (Å²) in [5, 5.41) is 0. The van der Waals surface area contributed by atoms with Gasteiger partial charge in [-0.05, 0) is 58.3 Å². The van der Waals surface area contributed by atoms with Crippen LogP contribution in [0.2, 0.25) is 0 Å². The first-order valence-corrected chi connectivity index (χ1v) is 9.51. The van der Waals surface area contributed by atoms with Crippen molar-refractivity contribution in [1.29, 1.82) is 0 Å². The summed E-state index contributed by atoms with van der Waals surface area (Å²) in [5.41, 5.74) is 1.80. The van der Waals surface area contributed by atoms with Crippen molar-refractivity contribution in [2.45, 2.75) is 58.8 Å². The van der Waals surface area contributed by atoms with Crippen molar-refractivity contribution >= 4 is 18.3 Å². The highest BCUT2D eigenvalue weighted by atomic mass is 16.7. The molecule has 2 fully saturated rings. The van der Waals surface area contributed by atoms with Crippen molar-refractivity contribution in [1.82, 2.24) is 4.90 Å². The van der Waals surface area contributed by atoms with Gasteiger partial charge in [-0.3, -0.25) is 4.90 Å². The fraction of sp³-hybridized carbons (Fsp3) is 0.700. The van der Waals surface area contributed by atoms with E-state index in [9.17, 15) is 0 Å². The molecule has 1 aromatic carbocycles. The molecule has 2 saturated heterocycles. The zero-order chi connectivity index (χ0) is 18.4. The minimum atomic E-state index is -0.293. The van der Waals surface area contributed by atoms with Crippen molar-refractivity contribution in [3.63, 3.8) is 0 Å². The van der Waals surface area contributed by atoms with Crippen LogP contribution in [0.3, 0.4) is 0 Å². The quantitative estimate of drug-likeness (QED) is 0.788. The SMILES string of the molecule is CC(C)[C@@H]1CN(c2ccc(B3OC(C)(C)C(C)(C)O3)cc2)CCN1C. The Morgan fingerprint density at radius 2 is 1.56 bits per heavy atom. The van der Waals surface area contributed by atoms with Crippen LogP contribution in [0, 0.1) is 5.92 Å². The maximum absolute atomic E-state index is 6.16. The maximum atomic E-state index is 6.16. The van der Waals surface area contributed by atoms with Gasteiger partial charge in [0, 0.05) is 31.4 Å². The number of hydrogen-bond donors (Lipinski definition) is 0. The molecule has 0 bridgehead atoms. The molecule has 0 N–H and O–H groups in total. The van der Waals surface area contributed by atoms with Gasteiger partial charge in [0.15, 0.2) is 0 Å². The van der Waals surface area contributed by atoms with Gasteiger partial charge in [-0.25, -0.2) is 0 Å². The Balaban J connectivity index is 1.71. The molecule has 25 heavy (non-hydrogen) atoms. The summed E-state index contributed by atoms with van der Waals surface area (Å²) in [5.74, 6) is 0.664. The Labute approximate surface area is 153 Å². The van der Waals surface area contributed by atoms with Crippen molar-refractivity contribution < 1.29 is 9.31 Å². The molecule has 0 radical (unpaired) electrons. The lowest BCUT2D eigenvalue weighted by Gasteiger charge is -2.42. The number of piperazine rings is 1. The van der Waals surface area contributed by atoms with Gasteiger partial charge in [-0.2, -0.15) is 0 Å². The highest BCUT2D eigenvalue weighted by Crippen LogP contribution is 2.36. The first-order valence-electron chi connectivity index (χ1n) is 9.51. The second kappa shape index (κ2) is 6.60. The van der Waals surface area contributed by atoms with E-state index in [0.717, 1.165) is 25.1 Å². The van der Waals surface area contributed by atoms with Crippen LogP contribution in [-0.2, 0) is 9.31 Å². The molecule has 2 aliphatic rings. The zero-order valence-corrected chi connectivity index (χ0v) is 16.9. The molecule has 0 spiro atoms. The van der Waals surface area contributed by atoms with Crippen molar-refractivity contribution in [3.05, 3.63) is 24.3 Å². The van der Waals surface area contributed by atoms with E-state index in [4.69, 9.17) is 9.31 Å². The predicted octanol–water partition coefficient (Wildman–Crippen LogP) is 2.76. The molecule has 0 aromatic heterocycles. The average molecular weight is 344 g/mol. The Hall–Kier alpha value is -1.04. The number of hydrogen-bond acceptors (Lipinski definition) is 4. The maximum Gasteiger partial charge on any atom is 0.494 e. The normalized spacial score (nSPS) is 26.5. The summed E-state index contributed by atoms with van der Waals surface area (Å²) >= 11 is 0.